The summed E-state index contributed by atoms with van der Waals surface area (Å²) in [5, 5.41) is 11.1. The highest BCUT2D eigenvalue weighted by molar-refractivity contribution is 7.80. The summed E-state index contributed by atoms with van der Waals surface area (Å²) in [5.41, 5.74) is 2.69. The molecule has 0 bridgehead atoms. The first-order valence-electron chi connectivity index (χ1n) is 10.5. The molecule has 4 nitrogen and oxygen atoms in total. The van der Waals surface area contributed by atoms with E-state index in [1.165, 1.54) is 11.7 Å². The zero-order chi connectivity index (χ0) is 21.6. The predicted molar refractivity (Wildman–Crippen MR) is 121 cm³/mol. The third-order valence-corrected chi connectivity index (χ3v) is 6.52. The maximum Gasteiger partial charge on any atom is 0.295 e. The van der Waals surface area contributed by atoms with Crippen molar-refractivity contribution in [3.8, 4) is 0 Å². The summed E-state index contributed by atoms with van der Waals surface area (Å²) >= 11 is 5.11. The second-order valence-corrected chi connectivity index (χ2v) is 8.90. The molecule has 0 amide bonds. The normalized spacial score (nSPS) is 29.1. The first-order chi connectivity index (χ1) is 13.7. The highest BCUT2D eigenvalue weighted by Gasteiger charge is 2.50. The first kappa shape index (κ1) is 23.3. The van der Waals surface area contributed by atoms with Crippen LogP contribution < -0.4 is 0 Å². The summed E-state index contributed by atoms with van der Waals surface area (Å²) in [7, 11) is 0. The summed E-state index contributed by atoms with van der Waals surface area (Å²) in [6, 6.07) is 0. The van der Waals surface area contributed by atoms with Crippen LogP contribution in [-0.4, -0.2) is 22.5 Å². The molecule has 5 heteroatoms. The molecule has 0 aromatic heterocycles. The van der Waals surface area contributed by atoms with Gasteiger partial charge < -0.3 is 9.84 Å². The number of carbonyl (C=O) groups excluding carboxylic acids is 1. The number of ether oxygens (including phenoxy) is 1. The lowest BCUT2D eigenvalue weighted by molar-refractivity contribution is 0.0243. The summed E-state index contributed by atoms with van der Waals surface area (Å²) in [6.07, 6.45) is 13.3. The molecule has 0 spiro atoms. The van der Waals surface area contributed by atoms with Gasteiger partial charge in [0, 0.05) is 0 Å². The van der Waals surface area contributed by atoms with Gasteiger partial charge >= 0.3 is 0 Å². The highest BCUT2D eigenvalue weighted by Crippen LogP contribution is 2.51. The number of unbranched alkanes of at least 4 members (excludes halogenated alkanes) is 2. The highest BCUT2D eigenvalue weighted by atomic mass is 32.1. The van der Waals surface area contributed by atoms with E-state index in [2.05, 4.69) is 31.5 Å². The van der Waals surface area contributed by atoms with Gasteiger partial charge in [-0.3, -0.25) is 0 Å². The Morgan fingerprint density at radius 3 is 2.79 bits per heavy atom. The van der Waals surface area contributed by atoms with Crippen LogP contribution in [0, 0.1) is 17.3 Å². The number of isocyanates is 1. The van der Waals surface area contributed by atoms with E-state index in [4.69, 9.17) is 17.0 Å². The van der Waals surface area contributed by atoms with Gasteiger partial charge in [0.15, 0.2) is 0 Å². The topological polar surface area (TPSA) is 58.9 Å². The minimum Gasteiger partial charge on any atom is -0.512 e. The molecule has 2 unspecified atom stereocenters. The van der Waals surface area contributed by atoms with Crippen LogP contribution >= 0.6 is 12.2 Å². The van der Waals surface area contributed by atoms with Crippen molar-refractivity contribution in [2.75, 3.05) is 0 Å². The van der Waals surface area contributed by atoms with E-state index in [0.717, 1.165) is 49.7 Å². The zero-order valence-electron chi connectivity index (χ0n) is 18.0. The number of nitrogens with zero attached hydrogens (tertiary/aromatic N) is 1. The van der Waals surface area contributed by atoms with Crippen molar-refractivity contribution in [2.24, 2.45) is 22.2 Å². The van der Waals surface area contributed by atoms with Crippen LogP contribution in [0.25, 0.3) is 0 Å². The van der Waals surface area contributed by atoms with E-state index in [-0.39, 0.29) is 22.8 Å². The van der Waals surface area contributed by atoms with Gasteiger partial charge in [-0.25, -0.2) is 4.79 Å². The fourth-order valence-electron chi connectivity index (χ4n) is 4.53. The monoisotopic (exact) mass is 415 g/mol. The Morgan fingerprint density at radius 2 is 2.17 bits per heavy atom. The van der Waals surface area contributed by atoms with E-state index in [1.807, 2.05) is 26.0 Å². The lowest BCUT2D eigenvalue weighted by Gasteiger charge is -2.47. The molecular weight excluding hydrogens is 382 g/mol. The third kappa shape index (κ3) is 5.34. The SMILES string of the molecule is C=C(C)[C@@H]1CCC(C)=C[C@H]1C1(C)C(O)=CC(CCCCC)=CC1OC(=S)N=C=O. The molecule has 0 radical (unpaired) electrons. The Bertz CT molecular complexity index is 788. The molecule has 0 saturated heterocycles. The van der Waals surface area contributed by atoms with Gasteiger partial charge in [0.25, 0.3) is 5.17 Å². The second kappa shape index (κ2) is 10.2. The Kier molecular flexibility index (Phi) is 8.18. The van der Waals surface area contributed by atoms with Crippen molar-refractivity contribution in [1.82, 2.24) is 0 Å². The largest absolute Gasteiger partial charge is 0.512 e. The van der Waals surface area contributed by atoms with Gasteiger partial charge in [0.2, 0.25) is 6.08 Å². The number of thiocarbonyl (C=S) groups is 1. The molecule has 0 aromatic rings. The lowest BCUT2D eigenvalue weighted by atomic mass is 9.59. The molecule has 0 saturated carbocycles. The first-order valence-corrected chi connectivity index (χ1v) is 10.9. The van der Waals surface area contributed by atoms with E-state index in [1.54, 1.807) is 0 Å². The van der Waals surface area contributed by atoms with Crippen LogP contribution in [-0.2, 0) is 9.53 Å². The summed E-state index contributed by atoms with van der Waals surface area (Å²) in [6.45, 7) is 12.5. The standard InChI is InChI=1S/C24H33NO3S/c1-6-7-8-9-18-13-21(27)24(5,22(14-18)28-23(29)25-15-26)20-12-17(4)10-11-19(20)16(2)3/h12-14,19-20,22,27H,2,6-11H2,1,3-5H3/t19-,20+,22?,24?/m0/s1. The fourth-order valence-corrected chi connectivity index (χ4v) is 4.67. The molecule has 2 aliphatic carbocycles. The minimum absolute atomic E-state index is 0.00597. The van der Waals surface area contributed by atoms with Crippen LogP contribution in [0.5, 0.6) is 0 Å². The molecule has 0 fully saturated rings. The van der Waals surface area contributed by atoms with Crippen molar-refractivity contribution in [3.63, 3.8) is 0 Å². The molecule has 158 valence electrons. The van der Waals surface area contributed by atoms with Crippen molar-refractivity contribution >= 4 is 23.5 Å². The van der Waals surface area contributed by atoms with Crippen LogP contribution in [0.15, 0.2) is 52.3 Å². The molecular formula is C24H33NO3S. The van der Waals surface area contributed by atoms with Crippen LogP contribution in [0.1, 0.15) is 66.2 Å². The summed E-state index contributed by atoms with van der Waals surface area (Å²) in [4.78, 5) is 14.1. The molecule has 4 atom stereocenters. The van der Waals surface area contributed by atoms with Gasteiger partial charge in [-0.05, 0) is 88.2 Å². The van der Waals surface area contributed by atoms with E-state index in [0.29, 0.717) is 0 Å². The minimum atomic E-state index is -0.734. The number of hydrogen-bond donors (Lipinski definition) is 1. The van der Waals surface area contributed by atoms with Crippen molar-refractivity contribution in [3.05, 3.63) is 47.3 Å². The fraction of sp³-hybridized carbons (Fsp3) is 0.583. The molecule has 0 aliphatic heterocycles. The Balaban J connectivity index is 2.48. The Morgan fingerprint density at radius 1 is 1.45 bits per heavy atom. The number of aliphatic imine (C=N–C) groups is 1. The molecule has 29 heavy (non-hydrogen) atoms. The zero-order valence-corrected chi connectivity index (χ0v) is 18.8. The molecule has 0 heterocycles. The number of aliphatic hydroxyl groups is 1. The Labute approximate surface area is 180 Å². The summed E-state index contributed by atoms with van der Waals surface area (Å²) in [5.74, 6) is 0.520. The molecule has 2 rings (SSSR count). The number of rotatable bonds is 7. The number of hydrogen-bond acceptors (Lipinski definition) is 4. The van der Waals surface area contributed by atoms with Crippen LogP contribution in [0.3, 0.4) is 0 Å². The van der Waals surface area contributed by atoms with Crippen LogP contribution in [0.4, 0.5) is 0 Å². The van der Waals surface area contributed by atoms with Gasteiger partial charge in [-0.1, -0.05) is 43.6 Å². The van der Waals surface area contributed by atoms with Gasteiger partial charge in [0.05, 0.1) is 5.41 Å². The smallest absolute Gasteiger partial charge is 0.295 e. The van der Waals surface area contributed by atoms with E-state index < -0.39 is 11.5 Å². The average Bonchev–Trinajstić information content (AvgIpc) is 2.65. The second-order valence-electron chi connectivity index (χ2n) is 8.55. The maximum atomic E-state index is 11.2. The molecule has 1 N–H and O–H groups in total. The average molecular weight is 416 g/mol. The summed E-state index contributed by atoms with van der Waals surface area (Å²) < 4.78 is 5.94. The van der Waals surface area contributed by atoms with Crippen molar-refractivity contribution in [1.29, 1.82) is 0 Å². The van der Waals surface area contributed by atoms with Crippen molar-refractivity contribution < 1.29 is 14.6 Å². The maximum absolute atomic E-state index is 11.2. The third-order valence-electron chi connectivity index (χ3n) is 6.34. The molecule has 2 aliphatic rings. The van der Waals surface area contributed by atoms with E-state index >= 15 is 0 Å². The number of aliphatic hydroxyl groups excluding tert-OH is 1. The number of allylic oxidation sites excluding steroid dienone is 5. The van der Waals surface area contributed by atoms with Gasteiger partial charge in [0.1, 0.15) is 11.9 Å². The predicted octanol–water partition coefficient (Wildman–Crippen LogP) is 6.51. The van der Waals surface area contributed by atoms with Crippen molar-refractivity contribution in [2.45, 2.75) is 72.3 Å². The lowest BCUT2D eigenvalue weighted by Crippen LogP contribution is -2.47. The van der Waals surface area contributed by atoms with Crippen LogP contribution in [0.2, 0.25) is 0 Å². The quantitative estimate of drug-likeness (QED) is 0.169. The van der Waals surface area contributed by atoms with Gasteiger partial charge in [-0.15, -0.1) is 4.99 Å². The Hall–Kier alpha value is -1.97. The van der Waals surface area contributed by atoms with E-state index in [9.17, 15) is 9.90 Å². The molecule has 0 aromatic carbocycles. The van der Waals surface area contributed by atoms with Gasteiger partial charge in [-0.2, -0.15) is 0 Å².